The van der Waals surface area contributed by atoms with Gasteiger partial charge < -0.3 is 29.8 Å². The number of carboxylic acid groups (broad SMARTS) is 3. The van der Waals surface area contributed by atoms with Crippen molar-refractivity contribution < 1.29 is 44.2 Å². The number of carboxylic acids is 3. The third-order valence-electron chi connectivity index (χ3n) is 2.22. The lowest BCUT2D eigenvalue weighted by atomic mass is 10.4. The van der Waals surface area contributed by atoms with Gasteiger partial charge in [0, 0.05) is 0 Å². The molecule has 3 atom stereocenters. The molecule has 0 aliphatic rings. The van der Waals surface area contributed by atoms with E-state index in [9.17, 15) is 14.4 Å². The number of rotatable bonds is 9. The summed E-state index contributed by atoms with van der Waals surface area (Å²) in [5, 5.41) is 35.3. The van der Waals surface area contributed by atoms with Crippen molar-refractivity contribution in [3.05, 3.63) is 0 Å². The Morgan fingerprint density at radius 2 is 0.700 bits per heavy atom. The Morgan fingerprint density at radius 3 is 0.800 bits per heavy atom. The van der Waals surface area contributed by atoms with Gasteiger partial charge in [-0.3, -0.25) is 0 Å². The molecule has 174 valence electrons. The number of oxime groups is 3. The molecule has 0 bridgehead atoms. The smallest absolute Gasteiger partial charge is 0.347 e. The lowest BCUT2D eigenvalue weighted by Crippen LogP contribution is -2.17. The Morgan fingerprint density at radius 1 is 0.533 bits per heavy atom. The van der Waals surface area contributed by atoms with Crippen molar-refractivity contribution >= 4 is 35.0 Å². The van der Waals surface area contributed by atoms with Crippen LogP contribution in [-0.4, -0.2) is 68.7 Å². The predicted molar refractivity (Wildman–Crippen MR) is 111 cm³/mol. The molecule has 30 heavy (non-hydrogen) atoms. The predicted octanol–water partition coefficient (Wildman–Crippen LogP) is 2.62. The Bertz CT molecular complexity index is 533. The molecule has 0 rings (SSSR count). The minimum Gasteiger partial charge on any atom is -0.478 e. The van der Waals surface area contributed by atoms with E-state index in [0.717, 1.165) is 0 Å². The molecule has 0 heterocycles. The van der Waals surface area contributed by atoms with Crippen molar-refractivity contribution in [1.82, 2.24) is 0 Å². The van der Waals surface area contributed by atoms with E-state index in [0.29, 0.717) is 17.1 Å². The standard InChI is InChI=1S/3C6H11NO3/c3*1-4(2)7-10-5(3)6(8)9/h3*5H,1-3H3,(H,8,9)/t2*5-;/m10./s1. The summed E-state index contributed by atoms with van der Waals surface area (Å²) in [5.41, 5.74) is 2.11. The average Bonchev–Trinajstić information content (AvgIpc) is 2.62. The Kier molecular flexibility index (Phi) is 18.8. The van der Waals surface area contributed by atoms with Crippen molar-refractivity contribution in [3.63, 3.8) is 0 Å². The molecular weight excluding hydrogens is 402 g/mol. The summed E-state index contributed by atoms with van der Waals surface area (Å²) in [6.07, 6.45) is -2.60. The number of nitrogens with zero attached hydrogens (tertiary/aromatic N) is 3. The van der Waals surface area contributed by atoms with E-state index >= 15 is 0 Å². The lowest BCUT2D eigenvalue weighted by Gasteiger charge is -2.02. The second kappa shape index (κ2) is 17.9. The number of hydrogen-bond acceptors (Lipinski definition) is 9. The first-order chi connectivity index (χ1) is 13.6. The first kappa shape index (κ1) is 31.5. The molecule has 0 aromatic heterocycles. The molecule has 12 heteroatoms. The Labute approximate surface area is 176 Å². The largest absolute Gasteiger partial charge is 0.478 e. The van der Waals surface area contributed by atoms with Gasteiger partial charge in [0.25, 0.3) is 0 Å². The molecule has 0 saturated carbocycles. The molecule has 0 spiro atoms. The molecule has 0 amide bonds. The summed E-state index contributed by atoms with van der Waals surface area (Å²) in [4.78, 5) is 44.0. The molecule has 0 aromatic carbocycles. The minimum atomic E-state index is -1.01. The number of carbonyl (C=O) groups is 3. The van der Waals surface area contributed by atoms with Gasteiger partial charge in [0.15, 0.2) is 0 Å². The number of aliphatic carboxylic acids is 3. The highest BCUT2D eigenvalue weighted by Gasteiger charge is 2.11. The van der Waals surface area contributed by atoms with Crippen LogP contribution in [0, 0.1) is 0 Å². The van der Waals surface area contributed by atoms with Crippen LogP contribution in [0.3, 0.4) is 0 Å². The maximum atomic E-state index is 10.1. The fourth-order valence-corrected chi connectivity index (χ4v) is 0.689. The molecule has 0 aliphatic carbocycles. The van der Waals surface area contributed by atoms with Gasteiger partial charge in [-0.2, -0.15) is 0 Å². The molecular formula is C18H33N3O9. The zero-order valence-electron chi connectivity index (χ0n) is 18.9. The maximum absolute atomic E-state index is 10.1. The molecule has 0 saturated heterocycles. The SMILES string of the molecule is CC(C)=NOC(C)C(=O)O.CC(C)=NO[C@@H](C)C(=O)O.CC(C)=NO[C@H](C)C(=O)O. The summed E-state index contributed by atoms with van der Waals surface area (Å²) in [7, 11) is 0. The van der Waals surface area contributed by atoms with E-state index < -0.39 is 36.2 Å². The normalized spacial score (nSPS) is 11.9. The monoisotopic (exact) mass is 435 g/mol. The fourth-order valence-electron chi connectivity index (χ4n) is 0.689. The van der Waals surface area contributed by atoms with Gasteiger partial charge >= 0.3 is 17.9 Å². The first-order valence-corrected chi connectivity index (χ1v) is 8.81. The molecule has 0 fully saturated rings. The van der Waals surface area contributed by atoms with Crippen LogP contribution in [0.1, 0.15) is 62.3 Å². The molecule has 0 aliphatic heterocycles. The van der Waals surface area contributed by atoms with Crippen molar-refractivity contribution in [2.24, 2.45) is 15.5 Å². The highest BCUT2D eigenvalue weighted by atomic mass is 16.7. The third kappa shape index (κ3) is 24.8. The topological polar surface area (TPSA) is 177 Å². The van der Waals surface area contributed by atoms with E-state index in [1.165, 1.54) is 20.8 Å². The van der Waals surface area contributed by atoms with Crippen LogP contribution in [0.4, 0.5) is 0 Å². The van der Waals surface area contributed by atoms with Crippen LogP contribution < -0.4 is 0 Å². The molecule has 1 unspecified atom stereocenters. The van der Waals surface area contributed by atoms with E-state index in [-0.39, 0.29) is 0 Å². The fraction of sp³-hybridized carbons (Fsp3) is 0.667. The van der Waals surface area contributed by atoms with Gasteiger partial charge in [-0.1, -0.05) is 15.5 Å². The van der Waals surface area contributed by atoms with Gasteiger partial charge in [0.1, 0.15) is 0 Å². The van der Waals surface area contributed by atoms with Gasteiger partial charge in [-0.05, 0) is 62.3 Å². The van der Waals surface area contributed by atoms with Crippen LogP contribution in [-0.2, 0) is 28.9 Å². The summed E-state index contributed by atoms with van der Waals surface area (Å²) < 4.78 is 0. The van der Waals surface area contributed by atoms with E-state index in [4.69, 9.17) is 15.3 Å². The summed E-state index contributed by atoms with van der Waals surface area (Å²) in [5.74, 6) is -3.03. The molecule has 0 aromatic rings. The average molecular weight is 435 g/mol. The molecule has 0 radical (unpaired) electrons. The van der Waals surface area contributed by atoms with Crippen molar-refractivity contribution in [2.45, 2.75) is 80.6 Å². The van der Waals surface area contributed by atoms with Crippen LogP contribution in [0.2, 0.25) is 0 Å². The summed E-state index contributed by atoms with van der Waals surface area (Å²) >= 11 is 0. The first-order valence-electron chi connectivity index (χ1n) is 8.81. The van der Waals surface area contributed by atoms with E-state index in [1.807, 2.05) is 0 Å². The Balaban J connectivity index is -0.000000364. The van der Waals surface area contributed by atoms with Gasteiger partial charge in [-0.15, -0.1) is 0 Å². The second-order valence-electron chi connectivity index (χ2n) is 6.37. The van der Waals surface area contributed by atoms with Crippen LogP contribution in [0.15, 0.2) is 15.5 Å². The summed E-state index contributed by atoms with van der Waals surface area (Å²) in [6, 6.07) is 0. The zero-order chi connectivity index (χ0) is 24.4. The lowest BCUT2D eigenvalue weighted by molar-refractivity contribution is -0.149. The van der Waals surface area contributed by atoms with E-state index in [1.54, 1.807) is 41.5 Å². The van der Waals surface area contributed by atoms with E-state index in [2.05, 4.69) is 30.0 Å². The third-order valence-corrected chi connectivity index (χ3v) is 2.22. The van der Waals surface area contributed by atoms with Crippen molar-refractivity contribution in [1.29, 1.82) is 0 Å². The Hall–Kier alpha value is -3.18. The highest BCUT2D eigenvalue weighted by molar-refractivity contribution is 5.79. The van der Waals surface area contributed by atoms with Crippen molar-refractivity contribution in [3.8, 4) is 0 Å². The quantitative estimate of drug-likeness (QED) is 0.363. The second-order valence-corrected chi connectivity index (χ2v) is 6.37. The van der Waals surface area contributed by atoms with Crippen molar-refractivity contribution in [2.75, 3.05) is 0 Å². The van der Waals surface area contributed by atoms with Gasteiger partial charge in [-0.25, -0.2) is 14.4 Å². The minimum absolute atomic E-state index is 0.702. The highest BCUT2D eigenvalue weighted by Crippen LogP contribution is 1.92. The van der Waals surface area contributed by atoms with Gasteiger partial charge in [0.2, 0.25) is 18.3 Å². The van der Waals surface area contributed by atoms with Gasteiger partial charge in [0.05, 0.1) is 17.1 Å². The van der Waals surface area contributed by atoms with Crippen LogP contribution in [0.25, 0.3) is 0 Å². The maximum Gasteiger partial charge on any atom is 0.347 e. The zero-order valence-corrected chi connectivity index (χ0v) is 18.9. The summed E-state index contributed by atoms with van der Waals surface area (Å²) in [6.45, 7) is 14.7. The molecule has 12 nitrogen and oxygen atoms in total. The number of hydrogen-bond donors (Lipinski definition) is 3. The van der Waals surface area contributed by atoms with Crippen LogP contribution in [0.5, 0.6) is 0 Å². The van der Waals surface area contributed by atoms with Crippen LogP contribution >= 0.6 is 0 Å². The molecule has 3 N–H and O–H groups in total.